The molecule has 1 amide bonds. The van der Waals surface area contributed by atoms with E-state index in [0.717, 1.165) is 30.4 Å². The van der Waals surface area contributed by atoms with Crippen LogP contribution in [0.3, 0.4) is 0 Å². The number of likely N-dealkylation sites (tertiary alicyclic amines) is 1. The summed E-state index contributed by atoms with van der Waals surface area (Å²) in [5.74, 6) is 0.242. The third-order valence-electron chi connectivity index (χ3n) is 7.38. The number of benzene rings is 2. The average Bonchev–Trinajstić information content (AvgIpc) is 2.79. The Balaban J connectivity index is 2.13. The summed E-state index contributed by atoms with van der Waals surface area (Å²) in [5.41, 5.74) is 0.938. The molecular weight excluding hydrogens is 477 g/mol. The summed E-state index contributed by atoms with van der Waals surface area (Å²) >= 11 is 12.7. The fraction of sp³-hybridized carbons (Fsp3) is 0.500. The summed E-state index contributed by atoms with van der Waals surface area (Å²) in [6.45, 7) is 11.9. The number of rotatable bonds is 10. The van der Waals surface area contributed by atoms with E-state index in [1.165, 1.54) is 0 Å². The van der Waals surface area contributed by atoms with E-state index in [2.05, 4.69) is 31.4 Å². The van der Waals surface area contributed by atoms with E-state index in [0.29, 0.717) is 29.3 Å². The third-order valence-corrected chi connectivity index (χ3v) is 7.86. The number of halogens is 2. The van der Waals surface area contributed by atoms with E-state index < -0.39 is 11.0 Å². The summed E-state index contributed by atoms with van der Waals surface area (Å²) in [5, 5.41) is 11.6. The van der Waals surface area contributed by atoms with Gasteiger partial charge >= 0.3 is 0 Å². The largest absolute Gasteiger partial charge is 0.390 e. The topological polar surface area (TPSA) is 40.5 Å². The molecule has 35 heavy (non-hydrogen) atoms. The van der Waals surface area contributed by atoms with Gasteiger partial charge in [0.25, 0.3) is 0 Å². The lowest BCUT2D eigenvalue weighted by atomic mass is 9.67. The molecule has 0 saturated carbocycles. The first-order valence-electron chi connectivity index (χ1n) is 12.7. The molecule has 1 heterocycles. The highest BCUT2D eigenvalue weighted by Crippen LogP contribution is 2.52. The Morgan fingerprint density at radius 2 is 1.86 bits per heavy atom. The van der Waals surface area contributed by atoms with Crippen molar-refractivity contribution < 1.29 is 9.90 Å². The first-order valence-corrected chi connectivity index (χ1v) is 13.4. The quantitative estimate of drug-likeness (QED) is 0.322. The van der Waals surface area contributed by atoms with Crippen LogP contribution in [0.4, 0.5) is 0 Å². The van der Waals surface area contributed by atoms with Crippen molar-refractivity contribution in [2.45, 2.75) is 89.8 Å². The number of nitrogens with zero attached hydrogens (tertiary/aromatic N) is 1. The lowest BCUT2D eigenvalue weighted by Crippen LogP contribution is -2.55. The molecule has 2 aromatic carbocycles. The number of hydrogen-bond donors (Lipinski definition) is 1. The van der Waals surface area contributed by atoms with Crippen LogP contribution >= 0.6 is 23.2 Å². The zero-order valence-electron chi connectivity index (χ0n) is 21.4. The van der Waals surface area contributed by atoms with Crippen molar-refractivity contribution in [3.63, 3.8) is 0 Å². The lowest BCUT2D eigenvalue weighted by molar-refractivity contribution is -0.155. The van der Waals surface area contributed by atoms with Crippen LogP contribution in [0.1, 0.15) is 89.3 Å². The molecule has 1 fully saturated rings. The number of hydrogen-bond acceptors (Lipinski definition) is 2. The summed E-state index contributed by atoms with van der Waals surface area (Å²) in [7, 11) is 0. The molecule has 0 aromatic heterocycles. The van der Waals surface area contributed by atoms with Crippen molar-refractivity contribution >= 4 is 29.1 Å². The standard InChI is InChI=1S/C30H39Cl2NO2/c1-6-17-30(5)20-26(22-10-8-11-24(32)19-22)27(21-13-15-23(31)16-14-21)33(28(30)34)25(7-2)12-9-18-29(3,4)35/h6,8,10-11,13-16,19,25-27,35H,1,7,9,12,17-18,20H2,2-5H3/t25?,26-,27?,30+/m1/s1. The zero-order valence-corrected chi connectivity index (χ0v) is 22.9. The lowest BCUT2D eigenvalue weighted by Gasteiger charge is -2.52. The predicted molar refractivity (Wildman–Crippen MR) is 147 cm³/mol. The van der Waals surface area contributed by atoms with Crippen LogP contribution in [-0.2, 0) is 4.79 Å². The van der Waals surface area contributed by atoms with Gasteiger partial charge in [-0.25, -0.2) is 0 Å². The van der Waals surface area contributed by atoms with Gasteiger partial charge in [0.05, 0.1) is 17.1 Å². The number of piperidine rings is 1. The molecule has 4 atom stereocenters. The number of aliphatic hydroxyl groups is 1. The Kier molecular flexibility index (Phi) is 9.12. The van der Waals surface area contributed by atoms with Gasteiger partial charge in [0, 0.05) is 22.0 Å². The van der Waals surface area contributed by atoms with Gasteiger partial charge in [0.2, 0.25) is 5.91 Å². The SMILES string of the molecule is C=CC[C@@]1(C)C[C@H](c2cccc(Cl)c2)C(c2ccc(Cl)cc2)N(C(CC)CCCC(C)(C)O)C1=O. The maximum absolute atomic E-state index is 14.3. The molecule has 190 valence electrons. The molecule has 2 aromatic rings. The molecule has 1 N–H and O–H groups in total. The molecule has 1 aliphatic heterocycles. The van der Waals surface area contributed by atoms with Crippen molar-refractivity contribution in [3.05, 3.63) is 82.4 Å². The Hall–Kier alpha value is -1.81. The Morgan fingerprint density at radius 1 is 1.17 bits per heavy atom. The minimum atomic E-state index is -0.722. The number of carbonyl (C=O) groups excluding carboxylic acids is 1. The minimum Gasteiger partial charge on any atom is -0.390 e. The molecule has 0 bridgehead atoms. The van der Waals surface area contributed by atoms with E-state index in [1.54, 1.807) is 0 Å². The summed E-state index contributed by atoms with van der Waals surface area (Å²) in [4.78, 5) is 16.4. The maximum Gasteiger partial charge on any atom is 0.229 e. The number of amides is 1. The molecule has 0 spiro atoms. The van der Waals surface area contributed by atoms with Gasteiger partial charge in [0.15, 0.2) is 0 Å². The monoisotopic (exact) mass is 515 g/mol. The van der Waals surface area contributed by atoms with Gasteiger partial charge in [-0.15, -0.1) is 6.58 Å². The first-order chi connectivity index (χ1) is 16.5. The van der Waals surface area contributed by atoms with E-state index >= 15 is 0 Å². The van der Waals surface area contributed by atoms with Crippen LogP contribution in [-0.4, -0.2) is 27.6 Å². The van der Waals surface area contributed by atoms with Crippen LogP contribution in [0, 0.1) is 5.41 Å². The second-order valence-corrected chi connectivity index (χ2v) is 11.8. The van der Waals surface area contributed by atoms with Gasteiger partial charge in [-0.3, -0.25) is 4.79 Å². The molecule has 1 saturated heterocycles. The highest BCUT2D eigenvalue weighted by atomic mass is 35.5. The van der Waals surface area contributed by atoms with Gasteiger partial charge in [-0.05, 0) is 87.8 Å². The van der Waals surface area contributed by atoms with Gasteiger partial charge in [0.1, 0.15) is 0 Å². The average molecular weight is 517 g/mol. The summed E-state index contributed by atoms with van der Waals surface area (Å²) in [6, 6.07) is 15.9. The van der Waals surface area contributed by atoms with E-state index in [4.69, 9.17) is 23.2 Å². The van der Waals surface area contributed by atoms with Crippen molar-refractivity contribution in [1.82, 2.24) is 4.90 Å². The smallest absolute Gasteiger partial charge is 0.229 e. The molecular formula is C30H39Cl2NO2. The van der Waals surface area contributed by atoms with E-state index in [9.17, 15) is 9.90 Å². The zero-order chi connectivity index (χ0) is 25.8. The first kappa shape index (κ1) is 27.8. The predicted octanol–water partition coefficient (Wildman–Crippen LogP) is 8.35. The second-order valence-electron chi connectivity index (χ2n) is 10.9. The Morgan fingerprint density at radius 3 is 2.43 bits per heavy atom. The van der Waals surface area contributed by atoms with E-state index in [1.807, 2.05) is 62.4 Å². The van der Waals surface area contributed by atoms with Crippen LogP contribution in [0.2, 0.25) is 10.0 Å². The second kappa shape index (κ2) is 11.5. The van der Waals surface area contributed by atoms with Gasteiger partial charge in [-0.2, -0.15) is 0 Å². The van der Waals surface area contributed by atoms with Crippen molar-refractivity contribution in [2.75, 3.05) is 0 Å². The fourth-order valence-electron chi connectivity index (χ4n) is 5.60. The number of carbonyl (C=O) groups is 1. The minimum absolute atomic E-state index is 0.0525. The van der Waals surface area contributed by atoms with Crippen LogP contribution in [0.15, 0.2) is 61.2 Å². The molecule has 0 aliphatic carbocycles. The Labute approximate surface area is 221 Å². The molecule has 3 nitrogen and oxygen atoms in total. The third kappa shape index (κ3) is 6.70. The normalized spacial score (nSPS) is 23.9. The van der Waals surface area contributed by atoms with Crippen molar-refractivity contribution in [2.24, 2.45) is 5.41 Å². The van der Waals surface area contributed by atoms with Crippen LogP contribution < -0.4 is 0 Å². The highest BCUT2D eigenvalue weighted by molar-refractivity contribution is 6.30. The van der Waals surface area contributed by atoms with Gasteiger partial charge in [-0.1, -0.05) is 67.4 Å². The van der Waals surface area contributed by atoms with Crippen molar-refractivity contribution in [1.29, 1.82) is 0 Å². The maximum atomic E-state index is 14.3. The van der Waals surface area contributed by atoms with E-state index in [-0.39, 0.29) is 23.9 Å². The number of allylic oxidation sites excluding steroid dienone is 1. The van der Waals surface area contributed by atoms with Crippen LogP contribution in [0.25, 0.3) is 0 Å². The molecule has 1 aliphatic rings. The molecule has 2 unspecified atom stereocenters. The summed E-state index contributed by atoms with van der Waals surface area (Å²) < 4.78 is 0. The molecule has 3 rings (SSSR count). The fourth-order valence-corrected chi connectivity index (χ4v) is 5.92. The molecule has 5 heteroatoms. The van der Waals surface area contributed by atoms with Crippen LogP contribution in [0.5, 0.6) is 0 Å². The van der Waals surface area contributed by atoms with Crippen molar-refractivity contribution in [3.8, 4) is 0 Å². The van der Waals surface area contributed by atoms with Gasteiger partial charge < -0.3 is 10.0 Å². The summed E-state index contributed by atoms with van der Waals surface area (Å²) in [6.07, 6.45) is 6.41. The molecule has 0 radical (unpaired) electrons. The Bertz CT molecular complexity index is 1010. The highest BCUT2D eigenvalue weighted by Gasteiger charge is 2.50.